The van der Waals surface area contributed by atoms with Crippen molar-refractivity contribution in [2.24, 2.45) is 0 Å². The van der Waals surface area contributed by atoms with Crippen LogP contribution < -0.4 is 5.32 Å². The summed E-state index contributed by atoms with van der Waals surface area (Å²) in [6, 6.07) is 15.1. The summed E-state index contributed by atoms with van der Waals surface area (Å²) in [5, 5.41) is 11.5. The Labute approximate surface area is 124 Å². The second kappa shape index (κ2) is 7.28. The number of carbonyl (C=O) groups is 1. The molecule has 0 aliphatic rings. The Morgan fingerprint density at radius 2 is 1.95 bits per heavy atom. The lowest BCUT2D eigenvalue weighted by Gasteiger charge is -2.06. The van der Waals surface area contributed by atoms with Gasteiger partial charge in [-0.25, -0.2) is 0 Å². The van der Waals surface area contributed by atoms with Crippen LogP contribution in [0.25, 0.3) is 0 Å². The molecule has 0 spiro atoms. The normalized spacial score (nSPS) is 9.62. The molecule has 0 aliphatic heterocycles. The van der Waals surface area contributed by atoms with Crippen LogP contribution in [-0.4, -0.2) is 17.6 Å². The average molecular weight is 279 g/mol. The molecule has 3 nitrogen and oxygen atoms in total. The number of hydrogen-bond acceptors (Lipinski definition) is 2. The molecule has 3 heteroatoms. The second-order valence-corrected chi connectivity index (χ2v) is 4.71. The van der Waals surface area contributed by atoms with Crippen LogP contribution in [0.15, 0.2) is 48.5 Å². The lowest BCUT2D eigenvalue weighted by atomic mass is 10.1. The fourth-order valence-corrected chi connectivity index (χ4v) is 1.92. The van der Waals surface area contributed by atoms with Gasteiger partial charge in [-0.3, -0.25) is 4.79 Å². The van der Waals surface area contributed by atoms with Gasteiger partial charge in [-0.05, 0) is 36.8 Å². The molecule has 0 aliphatic carbocycles. The first-order valence-corrected chi connectivity index (χ1v) is 6.72. The summed E-state index contributed by atoms with van der Waals surface area (Å²) in [4.78, 5) is 12.0. The molecule has 2 N–H and O–H groups in total. The second-order valence-electron chi connectivity index (χ2n) is 4.71. The highest BCUT2D eigenvalue weighted by Gasteiger charge is 2.04. The summed E-state index contributed by atoms with van der Waals surface area (Å²) in [6.45, 7) is 2.29. The number of aryl methyl sites for hydroxylation is 1. The quantitative estimate of drug-likeness (QED) is 0.847. The monoisotopic (exact) mass is 279 g/mol. The average Bonchev–Trinajstić information content (AvgIpc) is 2.51. The Hall–Kier alpha value is -2.57. The van der Waals surface area contributed by atoms with Crippen LogP contribution in [0.3, 0.4) is 0 Å². The minimum atomic E-state index is -0.145. The van der Waals surface area contributed by atoms with Crippen LogP contribution in [0.5, 0.6) is 0 Å². The van der Waals surface area contributed by atoms with E-state index in [0.717, 1.165) is 16.7 Å². The van der Waals surface area contributed by atoms with Gasteiger partial charge >= 0.3 is 0 Å². The van der Waals surface area contributed by atoms with Crippen LogP contribution >= 0.6 is 0 Å². The Bertz CT molecular complexity index is 678. The van der Waals surface area contributed by atoms with Gasteiger partial charge in [0.25, 0.3) is 5.91 Å². The van der Waals surface area contributed by atoms with Crippen LogP contribution in [0.1, 0.15) is 27.0 Å². The smallest absolute Gasteiger partial charge is 0.251 e. The molecular formula is C18H17NO2. The third-order valence-corrected chi connectivity index (χ3v) is 3.00. The number of nitrogens with one attached hydrogen (secondary N) is 1. The highest BCUT2D eigenvalue weighted by Crippen LogP contribution is 2.06. The third kappa shape index (κ3) is 4.48. The first-order valence-electron chi connectivity index (χ1n) is 6.72. The lowest BCUT2D eigenvalue weighted by Crippen LogP contribution is -2.22. The zero-order valence-corrected chi connectivity index (χ0v) is 11.9. The number of benzene rings is 2. The first kappa shape index (κ1) is 14.8. The van der Waals surface area contributed by atoms with Gasteiger partial charge in [-0.1, -0.05) is 41.7 Å². The molecule has 0 saturated carbocycles. The lowest BCUT2D eigenvalue weighted by molar-refractivity contribution is 0.0951. The van der Waals surface area contributed by atoms with E-state index in [0.29, 0.717) is 12.1 Å². The van der Waals surface area contributed by atoms with E-state index in [-0.39, 0.29) is 12.5 Å². The van der Waals surface area contributed by atoms with Crippen molar-refractivity contribution in [2.45, 2.75) is 13.5 Å². The molecule has 0 aromatic heterocycles. The molecule has 2 aromatic rings. The molecule has 21 heavy (non-hydrogen) atoms. The van der Waals surface area contributed by atoms with E-state index in [1.165, 1.54) is 0 Å². The SMILES string of the molecule is Cc1cccc(C(=O)NCc2ccc(C#CCO)cc2)c1. The van der Waals surface area contributed by atoms with Crippen LogP contribution in [0.2, 0.25) is 0 Å². The Morgan fingerprint density at radius 1 is 1.19 bits per heavy atom. The van der Waals surface area contributed by atoms with Crippen molar-refractivity contribution in [2.75, 3.05) is 6.61 Å². The fraction of sp³-hybridized carbons (Fsp3) is 0.167. The standard InChI is InChI=1S/C18H17NO2/c1-14-4-2-6-17(12-14)18(21)19-13-16-9-7-15(8-10-16)5-3-11-20/h2,4,6-10,12,20H,11,13H2,1H3,(H,19,21). The minimum Gasteiger partial charge on any atom is -0.384 e. The predicted molar refractivity (Wildman–Crippen MR) is 82.8 cm³/mol. The Balaban J connectivity index is 1.95. The largest absolute Gasteiger partial charge is 0.384 e. The van der Waals surface area contributed by atoms with Crippen molar-refractivity contribution in [3.05, 3.63) is 70.8 Å². The highest BCUT2D eigenvalue weighted by molar-refractivity contribution is 5.94. The molecule has 0 saturated heterocycles. The van der Waals surface area contributed by atoms with E-state index in [9.17, 15) is 4.79 Å². The zero-order chi connectivity index (χ0) is 15.1. The van der Waals surface area contributed by atoms with Gasteiger partial charge in [-0.15, -0.1) is 0 Å². The van der Waals surface area contributed by atoms with Gasteiger partial charge in [0, 0.05) is 17.7 Å². The van der Waals surface area contributed by atoms with Crippen molar-refractivity contribution in [1.29, 1.82) is 0 Å². The Kier molecular flexibility index (Phi) is 5.14. The van der Waals surface area contributed by atoms with Gasteiger partial charge in [0.1, 0.15) is 6.61 Å². The van der Waals surface area contributed by atoms with Crippen molar-refractivity contribution in [3.63, 3.8) is 0 Å². The molecule has 0 unspecified atom stereocenters. The maximum Gasteiger partial charge on any atom is 0.251 e. The predicted octanol–water partition coefficient (Wildman–Crippen LogP) is 2.27. The van der Waals surface area contributed by atoms with E-state index in [2.05, 4.69) is 17.2 Å². The zero-order valence-electron chi connectivity index (χ0n) is 11.9. The molecule has 2 rings (SSSR count). The summed E-state index contributed by atoms with van der Waals surface area (Å²) in [7, 11) is 0. The molecule has 1 amide bonds. The van der Waals surface area contributed by atoms with Crippen molar-refractivity contribution in [1.82, 2.24) is 5.32 Å². The molecule has 0 heterocycles. The minimum absolute atomic E-state index is 0.0807. The molecule has 106 valence electrons. The van der Waals surface area contributed by atoms with Gasteiger partial charge in [-0.2, -0.15) is 0 Å². The van der Waals surface area contributed by atoms with Gasteiger partial charge < -0.3 is 10.4 Å². The number of aliphatic hydroxyl groups is 1. The number of aliphatic hydroxyl groups excluding tert-OH is 1. The van der Waals surface area contributed by atoms with E-state index in [1.54, 1.807) is 6.07 Å². The summed E-state index contributed by atoms with van der Waals surface area (Å²) >= 11 is 0. The van der Waals surface area contributed by atoms with Crippen LogP contribution in [-0.2, 0) is 6.54 Å². The number of amides is 1. The summed E-state index contributed by atoms with van der Waals surface area (Å²) in [5.41, 5.74) is 3.58. The first-order chi connectivity index (χ1) is 10.2. The number of rotatable bonds is 3. The molecular weight excluding hydrogens is 262 g/mol. The molecule has 0 atom stereocenters. The number of carbonyl (C=O) groups excluding carboxylic acids is 1. The molecule has 2 aromatic carbocycles. The summed E-state index contributed by atoms with van der Waals surface area (Å²) < 4.78 is 0. The fourth-order valence-electron chi connectivity index (χ4n) is 1.92. The van der Waals surface area contributed by atoms with Gasteiger partial charge in [0.05, 0.1) is 0 Å². The van der Waals surface area contributed by atoms with E-state index in [4.69, 9.17) is 5.11 Å². The Morgan fingerprint density at radius 3 is 2.62 bits per heavy atom. The van der Waals surface area contributed by atoms with E-state index < -0.39 is 0 Å². The maximum atomic E-state index is 12.0. The van der Waals surface area contributed by atoms with E-state index in [1.807, 2.05) is 49.4 Å². The molecule has 0 fully saturated rings. The molecule has 0 radical (unpaired) electrons. The van der Waals surface area contributed by atoms with Crippen LogP contribution in [0.4, 0.5) is 0 Å². The van der Waals surface area contributed by atoms with Crippen molar-refractivity contribution < 1.29 is 9.90 Å². The highest BCUT2D eigenvalue weighted by atomic mass is 16.2. The maximum absolute atomic E-state index is 12.0. The third-order valence-electron chi connectivity index (χ3n) is 3.00. The topological polar surface area (TPSA) is 49.3 Å². The van der Waals surface area contributed by atoms with Crippen molar-refractivity contribution >= 4 is 5.91 Å². The van der Waals surface area contributed by atoms with Crippen LogP contribution in [0, 0.1) is 18.8 Å². The summed E-state index contributed by atoms with van der Waals surface area (Å²) in [6.07, 6.45) is 0. The van der Waals surface area contributed by atoms with E-state index >= 15 is 0 Å². The summed E-state index contributed by atoms with van der Waals surface area (Å²) in [5.74, 6) is 5.35. The van der Waals surface area contributed by atoms with Gasteiger partial charge in [0.2, 0.25) is 0 Å². The van der Waals surface area contributed by atoms with Gasteiger partial charge in [0.15, 0.2) is 0 Å². The molecule has 0 bridgehead atoms. The number of hydrogen-bond donors (Lipinski definition) is 2. The van der Waals surface area contributed by atoms with Crippen molar-refractivity contribution in [3.8, 4) is 11.8 Å².